The van der Waals surface area contributed by atoms with Crippen molar-refractivity contribution < 1.29 is 9.50 Å². The number of hydrogen-bond donors (Lipinski definition) is 2. The van der Waals surface area contributed by atoms with E-state index in [9.17, 15) is 5.11 Å². The molecule has 0 saturated carbocycles. The Morgan fingerprint density at radius 2 is 1.80 bits per heavy atom. The molecule has 3 saturated heterocycles. The van der Waals surface area contributed by atoms with Crippen molar-refractivity contribution in [1.82, 2.24) is 20.2 Å². The summed E-state index contributed by atoms with van der Waals surface area (Å²) in [5, 5.41) is 15.3. The average molecular weight is 563 g/mol. The maximum Gasteiger partial charge on any atom is 0.228 e. The van der Waals surface area contributed by atoms with E-state index in [1.54, 1.807) is 25.1 Å². The van der Waals surface area contributed by atoms with E-state index in [1.165, 1.54) is 0 Å². The van der Waals surface area contributed by atoms with Crippen LogP contribution in [0.25, 0.3) is 22.6 Å². The molecule has 0 aliphatic carbocycles. The number of aliphatic hydroxyl groups is 1. The number of fused-ring (bicyclic) bond motifs is 3. The molecule has 1 aromatic heterocycles. The number of aliphatic hydroxyl groups excluding tert-OH is 1. The van der Waals surface area contributed by atoms with Crippen molar-refractivity contribution in [3.8, 4) is 0 Å². The van der Waals surface area contributed by atoms with E-state index in [1.807, 2.05) is 31.2 Å². The summed E-state index contributed by atoms with van der Waals surface area (Å²) >= 11 is 6.76. The molecule has 7 nitrogen and oxygen atoms in total. The number of aromatic nitrogens is 2. The third kappa shape index (κ3) is 5.04. The summed E-state index contributed by atoms with van der Waals surface area (Å²) in [4.78, 5) is 16.3. The number of likely N-dealkylation sites (N-methyl/N-ethyl adjacent to an activating group) is 1. The Labute approximate surface area is 240 Å². The Morgan fingerprint density at radius 3 is 2.48 bits per heavy atom. The van der Waals surface area contributed by atoms with Gasteiger partial charge in [0.05, 0.1) is 5.02 Å². The molecular formula is C31H36ClFN6O. The van der Waals surface area contributed by atoms with Crippen LogP contribution in [0.2, 0.25) is 5.02 Å². The molecule has 0 radical (unpaired) electrons. The van der Waals surface area contributed by atoms with Gasteiger partial charge in [-0.25, -0.2) is 9.37 Å². The summed E-state index contributed by atoms with van der Waals surface area (Å²) in [6.07, 6.45) is 5.50. The summed E-state index contributed by atoms with van der Waals surface area (Å²) in [6, 6.07) is 10.8. The second-order valence-electron chi connectivity index (χ2n) is 11.6. The van der Waals surface area contributed by atoms with Gasteiger partial charge in [-0.3, -0.25) is 0 Å². The highest BCUT2D eigenvalue weighted by atomic mass is 35.5. The topological polar surface area (TPSA) is 67.8 Å². The van der Waals surface area contributed by atoms with Gasteiger partial charge in [0.1, 0.15) is 17.1 Å². The zero-order chi connectivity index (χ0) is 28.1. The van der Waals surface area contributed by atoms with Gasteiger partial charge in [-0.1, -0.05) is 35.9 Å². The normalized spacial score (nSPS) is 22.0. The first-order chi connectivity index (χ1) is 19.2. The molecule has 2 N–H and O–H groups in total. The Morgan fingerprint density at radius 1 is 1.10 bits per heavy atom. The van der Waals surface area contributed by atoms with E-state index >= 15 is 4.39 Å². The summed E-state index contributed by atoms with van der Waals surface area (Å²) in [5.41, 5.74) is 2.95. The lowest BCUT2D eigenvalue weighted by molar-refractivity contribution is 0.245. The lowest BCUT2D eigenvalue weighted by Crippen LogP contribution is -2.58. The van der Waals surface area contributed by atoms with Crippen molar-refractivity contribution in [2.75, 3.05) is 50.1 Å². The molecule has 210 valence electrons. The van der Waals surface area contributed by atoms with Crippen molar-refractivity contribution in [1.29, 1.82) is 0 Å². The van der Waals surface area contributed by atoms with E-state index < -0.39 is 5.82 Å². The van der Waals surface area contributed by atoms with Crippen molar-refractivity contribution in [3.63, 3.8) is 0 Å². The van der Waals surface area contributed by atoms with E-state index in [2.05, 4.69) is 34.1 Å². The van der Waals surface area contributed by atoms with E-state index in [0.717, 1.165) is 56.0 Å². The van der Waals surface area contributed by atoms with Gasteiger partial charge < -0.3 is 25.1 Å². The third-order valence-electron chi connectivity index (χ3n) is 8.49. The van der Waals surface area contributed by atoms with Gasteiger partial charge in [0.15, 0.2) is 5.82 Å². The van der Waals surface area contributed by atoms with E-state index in [-0.39, 0.29) is 21.9 Å². The molecule has 3 aliphatic heterocycles. The van der Waals surface area contributed by atoms with Crippen LogP contribution < -0.4 is 15.1 Å². The average Bonchev–Trinajstić information content (AvgIpc) is 3.21. The standard InChI is InChI=1S/C31H36ClFN6O/c1-18-7-5-6-8-20(18)12-24(40)11-19(2)27-26(32)13-25-29(28(27)33)35-31(39-16-23(17-39)37(3)4)36-30(25)38-14-21-9-10-22(15-38)34-21/h5-8,11-13,21-23,34,40H,9-10,14-17H2,1-4H3/b19-11+,24-12+. The molecular weight excluding hydrogens is 527 g/mol. The van der Waals surface area contributed by atoms with Gasteiger partial charge >= 0.3 is 0 Å². The first-order valence-electron chi connectivity index (χ1n) is 13.9. The predicted octanol–water partition coefficient (Wildman–Crippen LogP) is 5.42. The maximum absolute atomic E-state index is 16.4. The second-order valence-corrected chi connectivity index (χ2v) is 12.0. The molecule has 2 atom stereocenters. The van der Waals surface area contributed by atoms with Crippen molar-refractivity contribution in [3.05, 3.63) is 69.7 Å². The quantitative estimate of drug-likeness (QED) is 0.307. The first kappa shape index (κ1) is 27.0. The van der Waals surface area contributed by atoms with E-state index in [0.29, 0.717) is 35.0 Å². The summed E-state index contributed by atoms with van der Waals surface area (Å²) in [5.74, 6) is 0.816. The van der Waals surface area contributed by atoms with Crippen LogP contribution in [0.3, 0.4) is 0 Å². The molecule has 2 unspecified atom stereocenters. The lowest BCUT2D eigenvalue weighted by Gasteiger charge is -2.43. The Bertz CT molecular complexity index is 1500. The monoisotopic (exact) mass is 562 g/mol. The van der Waals surface area contributed by atoms with E-state index in [4.69, 9.17) is 21.6 Å². The number of hydrogen-bond acceptors (Lipinski definition) is 7. The highest BCUT2D eigenvalue weighted by Gasteiger charge is 2.36. The van der Waals surface area contributed by atoms with Crippen molar-refractivity contribution in [2.45, 2.75) is 44.8 Å². The Balaban J connectivity index is 1.43. The number of aryl methyl sites for hydroxylation is 1. The number of nitrogens with one attached hydrogen (secondary N) is 1. The Hall–Kier alpha value is -3.20. The smallest absolute Gasteiger partial charge is 0.228 e. The van der Waals surface area contributed by atoms with Crippen LogP contribution in [0.1, 0.15) is 36.5 Å². The summed E-state index contributed by atoms with van der Waals surface area (Å²) in [6.45, 7) is 6.96. The molecule has 6 rings (SSSR count). The third-order valence-corrected chi connectivity index (χ3v) is 8.79. The van der Waals surface area contributed by atoms with Crippen molar-refractivity contribution in [2.24, 2.45) is 0 Å². The van der Waals surface area contributed by atoms with Crippen LogP contribution in [0.4, 0.5) is 16.2 Å². The van der Waals surface area contributed by atoms with Gasteiger partial charge in [0.25, 0.3) is 0 Å². The van der Waals surface area contributed by atoms with Gasteiger partial charge in [0, 0.05) is 55.3 Å². The highest BCUT2D eigenvalue weighted by Crippen LogP contribution is 2.38. The number of rotatable bonds is 6. The van der Waals surface area contributed by atoms with Crippen LogP contribution in [-0.4, -0.2) is 78.4 Å². The van der Waals surface area contributed by atoms with Crippen LogP contribution in [0.5, 0.6) is 0 Å². The van der Waals surface area contributed by atoms with Gasteiger partial charge in [-0.2, -0.15) is 4.98 Å². The second kappa shape index (κ2) is 10.7. The largest absolute Gasteiger partial charge is 0.508 e. The molecule has 0 spiro atoms. The number of allylic oxidation sites excluding steroid dienone is 2. The minimum Gasteiger partial charge on any atom is -0.508 e. The summed E-state index contributed by atoms with van der Waals surface area (Å²) in [7, 11) is 4.13. The van der Waals surface area contributed by atoms with Crippen LogP contribution in [0.15, 0.2) is 42.2 Å². The molecule has 2 bridgehead atoms. The maximum atomic E-state index is 16.4. The minimum absolute atomic E-state index is 0.0260. The fourth-order valence-electron chi connectivity index (χ4n) is 6.07. The highest BCUT2D eigenvalue weighted by molar-refractivity contribution is 6.33. The number of nitrogens with zero attached hydrogens (tertiary/aromatic N) is 5. The Kier molecular flexibility index (Phi) is 7.19. The lowest BCUT2D eigenvalue weighted by atomic mass is 10.0. The van der Waals surface area contributed by atoms with Gasteiger partial charge in [0.2, 0.25) is 5.95 Å². The molecule has 4 heterocycles. The van der Waals surface area contributed by atoms with Gasteiger partial charge in [-0.05, 0) is 75.7 Å². The molecule has 3 fully saturated rings. The molecule has 3 aliphatic rings. The number of anilines is 2. The first-order valence-corrected chi connectivity index (χ1v) is 14.3. The minimum atomic E-state index is -0.493. The zero-order valence-corrected chi connectivity index (χ0v) is 24.2. The van der Waals surface area contributed by atoms with Crippen LogP contribution in [0, 0.1) is 12.7 Å². The SMILES string of the molecule is C/C(=C\C(O)=C/c1ccccc1C)c1c(Cl)cc2c(N3CC4CCC(C3)N4)nc(N3CC(N(C)C)C3)nc2c1F. The molecule has 3 aromatic rings. The molecule has 40 heavy (non-hydrogen) atoms. The number of halogens is 2. The fourth-order valence-corrected chi connectivity index (χ4v) is 6.41. The van der Waals surface area contributed by atoms with Crippen LogP contribution in [-0.2, 0) is 0 Å². The molecule has 0 amide bonds. The summed E-state index contributed by atoms with van der Waals surface area (Å²) < 4.78 is 16.4. The number of benzene rings is 2. The molecule has 2 aromatic carbocycles. The number of piperazine rings is 1. The zero-order valence-electron chi connectivity index (χ0n) is 23.5. The van der Waals surface area contributed by atoms with Gasteiger partial charge in [-0.15, -0.1) is 0 Å². The molecule has 9 heteroatoms. The van der Waals surface area contributed by atoms with Crippen LogP contribution >= 0.6 is 11.6 Å². The predicted molar refractivity (Wildman–Crippen MR) is 162 cm³/mol. The fraction of sp³-hybridized carbons (Fsp3) is 0.419. The van der Waals surface area contributed by atoms with Crippen molar-refractivity contribution >= 4 is 45.9 Å².